The van der Waals surface area contributed by atoms with Gasteiger partial charge in [-0.2, -0.15) is 0 Å². The van der Waals surface area contributed by atoms with Gasteiger partial charge in [0.25, 0.3) is 0 Å². The van der Waals surface area contributed by atoms with E-state index >= 15 is 0 Å². The lowest BCUT2D eigenvalue weighted by molar-refractivity contribution is -0.136. The van der Waals surface area contributed by atoms with Crippen LogP contribution >= 0.6 is 15.9 Å². The molecule has 3 aromatic rings. The number of carboxylic acids is 1. The minimum absolute atomic E-state index is 0.150. The van der Waals surface area contributed by atoms with E-state index in [-0.39, 0.29) is 11.3 Å². The molecule has 0 aliphatic heterocycles. The van der Waals surface area contributed by atoms with Gasteiger partial charge in [0.1, 0.15) is 0 Å². The predicted molar refractivity (Wildman–Crippen MR) is 104 cm³/mol. The van der Waals surface area contributed by atoms with E-state index in [1.165, 1.54) is 0 Å². The second kappa shape index (κ2) is 6.89. The molecule has 0 aliphatic carbocycles. The fraction of sp³-hybridized carbons (Fsp3) is 0.211. The van der Waals surface area contributed by atoms with Crippen LogP contribution in [0.4, 0.5) is 0 Å². The third-order valence-corrected chi connectivity index (χ3v) is 6.07. The number of benzene rings is 2. The monoisotopic (exact) mass is 435 g/mol. The zero-order valence-electron chi connectivity index (χ0n) is 14.4. The molecule has 0 radical (unpaired) electrons. The van der Waals surface area contributed by atoms with Crippen LogP contribution in [-0.4, -0.2) is 30.3 Å². The Kier molecular flexibility index (Phi) is 4.94. The fourth-order valence-corrected chi connectivity index (χ4v) is 4.02. The van der Waals surface area contributed by atoms with E-state index in [9.17, 15) is 18.3 Å². The molecule has 0 aliphatic rings. The van der Waals surface area contributed by atoms with Crippen molar-refractivity contribution in [2.24, 2.45) is 0 Å². The molecule has 3 rings (SSSR count). The Bertz CT molecular complexity index is 1100. The highest BCUT2D eigenvalue weighted by molar-refractivity contribution is 9.10. The quantitative estimate of drug-likeness (QED) is 0.661. The van der Waals surface area contributed by atoms with E-state index in [0.29, 0.717) is 17.5 Å². The Morgan fingerprint density at radius 2 is 1.81 bits per heavy atom. The number of halogens is 1. The van der Waals surface area contributed by atoms with Crippen molar-refractivity contribution in [2.75, 3.05) is 6.26 Å². The van der Waals surface area contributed by atoms with Gasteiger partial charge in [-0.15, -0.1) is 0 Å². The van der Waals surface area contributed by atoms with Gasteiger partial charge in [-0.1, -0.05) is 28.1 Å². The van der Waals surface area contributed by atoms with Crippen molar-refractivity contribution in [3.63, 3.8) is 0 Å². The van der Waals surface area contributed by atoms with Crippen molar-refractivity contribution in [1.29, 1.82) is 0 Å². The number of carboxylic acid groups (broad SMARTS) is 1. The molecule has 1 heterocycles. The zero-order valence-corrected chi connectivity index (χ0v) is 16.8. The standard InChI is InChI=1S/C19H18BrNO4S/c1-12-16(10-19(22)23)17-9-15(26(2,24)25)7-8-18(17)21(12)11-13-3-5-14(20)6-4-13/h3-9H,10-11H2,1-2H3,(H,22,23). The largest absolute Gasteiger partial charge is 0.481 e. The van der Waals surface area contributed by atoms with Gasteiger partial charge in [0.15, 0.2) is 9.84 Å². The van der Waals surface area contributed by atoms with E-state index in [1.54, 1.807) is 18.2 Å². The van der Waals surface area contributed by atoms with Crippen LogP contribution in [0.25, 0.3) is 10.9 Å². The van der Waals surface area contributed by atoms with Crippen LogP contribution in [0.15, 0.2) is 51.8 Å². The summed E-state index contributed by atoms with van der Waals surface area (Å²) in [5, 5.41) is 9.95. The van der Waals surface area contributed by atoms with Gasteiger partial charge < -0.3 is 9.67 Å². The number of aromatic nitrogens is 1. The minimum atomic E-state index is -3.37. The van der Waals surface area contributed by atoms with Gasteiger partial charge in [-0.05, 0) is 48.4 Å². The van der Waals surface area contributed by atoms with Crippen LogP contribution in [0.2, 0.25) is 0 Å². The van der Waals surface area contributed by atoms with E-state index in [0.717, 1.165) is 27.5 Å². The topological polar surface area (TPSA) is 76.4 Å². The van der Waals surface area contributed by atoms with Crippen molar-refractivity contribution in [3.05, 3.63) is 63.8 Å². The molecular formula is C19H18BrNO4S. The number of fused-ring (bicyclic) bond motifs is 1. The number of carbonyl (C=O) groups is 1. The number of aliphatic carboxylic acids is 1. The number of hydrogen-bond acceptors (Lipinski definition) is 3. The van der Waals surface area contributed by atoms with Crippen LogP contribution in [0.5, 0.6) is 0 Å². The molecule has 0 amide bonds. The zero-order chi connectivity index (χ0) is 19.1. The molecule has 0 saturated carbocycles. The summed E-state index contributed by atoms with van der Waals surface area (Å²) in [5.74, 6) is -0.944. The van der Waals surface area contributed by atoms with Crippen molar-refractivity contribution < 1.29 is 18.3 Å². The van der Waals surface area contributed by atoms with E-state index < -0.39 is 15.8 Å². The highest BCUT2D eigenvalue weighted by Crippen LogP contribution is 2.30. The van der Waals surface area contributed by atoms with Gasteiger partial charge in [0.2, 0.25) is 0 Å². The van der Waals surface area contributed by atoms with Crippen molar-refractivity contribution in [1.82, 2.24) is 4.57 Å². The molecule has 7 heteroatoms. The summed E-state index contributed by atoms with van der Waals surface area (Å²) >= 11 is 3.41. The fourth-order valence-electron chi connectivity index (χ4n) is 3.11. The minimum Gasteiger partial charge on any atom is -0.481 e. The lowest BCUT2D eigenvalue weighted by atomic mass is 10.1. The third kappa shape index (κ3) is 3.68. The highest BCUT2D eigenvalue weighted by Gasteiger charge is 2.19. The van der Waals surface area contributed by atoms with Crippen LogP contribution in [0, 0.1) is 6.92 Å². The third-order valence-electron chi connectivity index (χ3n) is 4.44. The molecule has 1 aromatic heterocycles. The SMILES string of the molecule is Cc1c(CC(=O)O)c2cc(S(C)(=O)=O)ccc2n1Cc1ccc(Br)cc1. The molecular weight excluding hydrogens is 418 g/mol. The number of rotatable bonds is 5. The molecule has 26 heavy (non-hydrogen) atoms. The molecule has 136 valence electrons. The second-order valence-electron chi connectivity index (χ2n) is 6.30. The molecule has 0 bridgehead atoms. The summed E-state index contributed by atoms with van der Waals surface area (Å²) in [4.78, 5) is 11.5. The van der Waals surface area contributed by atoms with Gasteiger partial charge in [-0.3, -0.25) is 4.79 Å². The van der Waals surface area contributed by atoms with Crippen LogP contribution in [0.1, 0.15) is 16.8 Å². The number of hydrogen-bond donors (Lipinski definition) is 1. The highest BCUT2D eigenvalue weighted by atomic mass is 79.9. The smallest absolute Gasteiger partial charge is 0.307 e. The molecule has 0 atom stereocenters. The lowest BCUT2D eigenvalue weighted by Crippen LogP contribution is -2.05. The molecule has 1 N–H and O–H groups in total. The van der Waals surface area contributed by atoms with Crippen LogP contribution < -0.4 is 0 Å². The van der Waals surface area contributed by atoms with Crippen LogP contribution in [-0.2, 0) is 27.6 Å². The average Bonchev–Trinajstić information content (AvgIpc) is 2.81. The summed E-state index contributed by atoms with van der Waals surface area (Å²) in [6, 6.07) is 12.8. The Balaban J connectivity index is 2.20. The molecule has 0 unspecified atom stereocenters. The van der Waals surface area contributed by atoms with Gasteiger partial charge in [0.05, 0.1) is 11.3 Å². The molecule has 2 aromatic carbocycles. The van der Waals surface area contributed by atoms with E-state index in [4.69, 9.17) is 0 Å². The van der Waals surface area contributed by atoms with E-state index in [2.05, 4.69) is 15.9 Å². The van der Waals surface area contributed by atoms with Gasteiger partial charge >= 0.3 is 5.97 Å². The van der Waals surface area contributed by atoms with Crippen molar-refractivity contribution >= 4 is 42.6 Å². The summed E-state index contributed by atoms with van der Waals surface area (Å²) < 4.78 is 26.8. The first-order valence-corrected chi connectivity index (χ1v) is 10.6. The molecule has 5 nitrogen and oxygen atoms in total. The molecule has 0 saturated heterocycles. The first kappa shape index (κ1) is 18.7. The van der Waals surface area contributed by atoms with Gasteiger partial charge in [0, 0.05) is 33.9 Å². The Morgan fingerprint density at radius 3 is 2.38 bits per heavy atom. The van der Waals surface area contributed by atoms with Gasteiger partial charge in [-0.25, -0.2) is 8.42 Å². The van der Waals surface area contributed by atoms with Crippen molar-refractivity contribution in [3.8, 4) is 0 Å². The summed E-state index contributed by atoms with van der Waals surface area (Å²) in [5.41, 5.74) is 3.38. The maximum atomic E-state index is 11.9. The van der Waals surface area contributed by atoms with Crippen LogP contribution in [0.3, 0.4) is 0 Å². The van der Waals surface area contributed by atoms with E-state index in [1.807, 2.05) is 35.8 Å². The lowest BCUT2D eigenvalue weighted by Gasteiger charge is -2.09. The molecule has 0 fully saturated rings. The Labute approximate surface area is 160 Å². The summed E-state index contributed by atoms with van der Waals surface area (Å²) in [6.07, 6.45) is 1.000. The summed E-state index contributed by atoms with van der Waals surface area (Å²) in [7, 11) is -3.37. The normalized spacial score (nSPS) is 11.8. The number of nitrogens with zero attached hydrogens (tertiary/aromatic N) is 1. The first-order valence-electron chi connectivity index (χ1n) is 7.95. The Hall–Kier alpha value is -2.12. The maximum Gasteiger partial charge on any atom is 0.307 e. The summed E-state index contributed by atoms with van der Waals surface area (Å²) in [6.45, 7) is 2.45. The first-order chi connectivity index (χ1) is 12.2. The molecule has 0 spiro atoms. The number of sulfone groups is 1. The average molecular weight is 436 g/mol. The second-order valence-corrected chi connectivity index (χ2v) is 9.23. The van der Waals surface area contributed by atoms with Crippen molar-refractivity contribution in [2.45, 2.75) is 24.8 Å². The Morgan fingerprint density at radius 1 is 1.15 bits per heavy atom. The maximum absolute atomic E-state index is 11.9. The predicted octanol–water partition coefficient (Wildman–Crippen LogP) is 3.79.